The van der Waals surface area contributed by atoms with E-state index < -0.39 is 0 Å². The second kappa shape index (κ2) is 6.36. The maximum Gasteiger partial charge on any atom is 0.353 e. The van der Waals surface area contributed by atoms with Crippen LogP contribution in [0.2, 0.25) is 0 Å². The SMILES string of the molecule is [B]c1c(-c2ccccc2)nc(N)n2c(=O)n(CC3CCCCO3)nc12. The van der Waals surface area contributed by atoms with E-state index in [0.29, 0.717) is 23.3 Å². The van der Waals surface area contributed by atoms with Gasteiger partial charge in [-0.05, 0) is 30.3 Å². The second-order valence-electron chi connectivity index (χ2n) is 6.21. The molecule has 3 heterocycles. The number of fused-ring (bicyclic) bond motifs is 1. The van der Waals surface area contributed by atoms with Crippen molar-refractivity contribution in [2.45, 2.75) is 31.9 Å². The first-order valence-corrected chi connectivity index (χ1v) is 8.36. The number of nitrogen functional groups attached to an aromatic ring is 1. The van der Waals surface area contributed by atoms with E-state index in [-0.39, 0.29) is 17.7 Å². The van der Waals surface area contributed by atoms with Gasteiger partial charge in [0.25, 0.3) is 0 Å². The molecule has 0 bridgehead atoms. The molecule has 1 aliphatic rings. The predicted molar refractivity (Wildman–Crippen MR) is 96.1 cm³/mol. The highest BCUT2D eigenvalue weighted by Crippen LogP contribution is 2.17. The summed E-state index contributed by atoms with van der Waals surface area (Å²) < 4.78 is 8.32. The molecule has 4 rings (SSSR count). The van der Waals surface area contributed by atoms with Gasteiger partial charge >= 0.3 is 5.69 Å². The lowest BCUT2D eigenvalue weighted by Gasteiger charge is -2.21. The Morgan fingerprint density at radius 2 is 2.08 bits per heavy atom. The Morgan fingerprint density at radius 1 is 1.28 bits per heavy atom. The van der Waals surface area contributed by atoms with Gasteiger partial charge in [0.05, 0.1) is 18.3 Å². The van der Waals surface area contributed by atoms with Gasteiger partial charge in [-0.3, -0.25) is 0 Å². The summed E-state index contributed by atoms with van der Waals surface area (Å²) in [4.78, 5) is 17.0. The summed E-state index contributed by atoms with van der Waals surface area (Å²) >= 11 is 0. The lowest BCUT2D eigenvalue weighted by molar-refractivity contribution is 0.00341. The van der Waals surface area contributed by atoms with E-state index in [4.69, 9.17) is 18.3 Å². The molecule has 2 aromatic heterocycles. The molecule has 1 unspecified atom stereocenters. The van der Waals surface area contributed by atoms with Crippen LogP contribution in [0.25, 0.3) is 16.9 Å². The molecule has 126 valence electrons. The van der Waals surface area contributed by atoms with Gasteiger partial charge in [0, 0.05) is 6.61 Å². The van der Waals surface area contributed by atoms with Crippen LogP contribution < -0.4 is 16.9 Å². The molecule has 1 aromatic carbocycles. The molecular weight excluding hydrogens is 317 g/mol. The number of nitrogens with two attached hydrogens (primary N) is 1. The molecule has 25 heavy (non-hydrogen) atoms. The number of hydrogen-bond acceptors (Lipinski definition) is 5. The molecular formula is C17H18BN5O2. The van der Waals surface area contributed by atoms with Crippen molar-refractivity contribution in [1.82, 2.24) is 19.2 Å². The minimum Gasteiger partial charge on any atom is -0.376 e. The Balaban J connectivity index is 1.81. The average Bonchev–Trinajstić information content (AvgIpc) is 2.97. The number of hydrogen-bond donors (Lipinski definition) is 1. The van der Waals surface area contributed by atoms with E-state index in [0.717, 1.165) is 31.4 Å². The third-order valence-electron chi connectivity index (χ3n) is 4.49. The fraction of sp³-hybridized carbons (Fsp3) is 0.353. The number of benzene rings is 1. The highest BCUT2D eigenvalue weighted by atomic mass is 16.5. The van der Waals surface area contributed by atoms with Gasteiger partial charge in [-0.25, -0.2) is 18.9 Å². The summed E-state index contributed by atoms with van der Waals surface area (Å²) in [5.41, 5.74) is 7.69. The minimum atomic E-state index is -0.347. The Labute approximate surface area is 145 Å². The summed E-state index contributed by atoms with van der Waals surface area (Å²) in [6.45, 7) is 1.11. The lowest BCUT2D eigenvalue weighted by Crippen LogP contribution is -2.31. The summed E-state index contributed by atoms with van der Waals surface area (Å²) in [5.74, 6) is 0.0730. The quantitative estimate of drug-likeness (QED) is 0.705. The zero-order chi connectivity index (χ0) is 17.4. The number of ether oxygens (including phenoxy) is 1. The maximum atomic E-state index is 12.7. The molecule has 0 amide bonds. The molecule has 0 saturated carbocycles. The first kappa shape index (κ1) is 15.9. The van der Waals surface area contributed by atoms with E-state index in [9.17, 15) is 4.79 Å². The van der Waals surface area contributed by atoms with E-state index in [1.54, 1.807) is 0 Å². The van der Waals surface area contributed by atoms with Crippen LogP contribution in [0.5, 0.6) is 0 Å². The molecule has 7 nitrogen and oxygen atoms in total. The Kier molecular flexibility index (Phi) is 4.05. The van der Waals surface area contributed by atoms with E-state index in [1.165, 1.54) is 9.08 Å². The van der Waals surface area contributed by atoms with Crippen molar-refractivity contribution in [3.63, 3.8) is 0 Å². The Morgan fingerprint density at radius 3 is 2.80 bits per heavy atom. The monoisotopic (exact) mass is 335 g/mol. The van der Waals surface area contributed by atoms with Crippen LogP contribution in [-0.4, -0.2) is 39.7 Å². The van der Waals surface area contributed by atoms with Crippen molar-refractivity contribution in [2.24, 2.45) is 0 Å². The normalized spacial score (nSPS) is 17.8. The third kappa shape index (κ3) is 2.82. The molecule has 2 radical (unpaired) electrons. The fourth-order valence-electron chi connectivity index (χ4n) is 3.20. The van der Waals surface area contributed by atoms with Crippen LogP contribution in [0.4, 0.5) is 5.95 Å². The van der Waals surface area contributed by atoms with Crippen molar-refractivity contribution >= 4 is 24.9 Å². The molecule has 1 aliphatic heterocycles. The van der Waals surface area contributed by atoms with Gasteiger partial charge < -0.3 is 10.5 Å². The van der Waals surface area contributed by atoms with Gasteiger partial charge in [-0.1, -0.05) is 30.3 Å². The standard InChI is InChI=1S/C17H18BN5O2/c18-13-14(11-6-2-1-3-7-11)20-16(19)23-15(13)21-22(17(23)24)10-12-8-4-5-9-25-12/h1-3,6-7,12H,4-5,8-10H2,(H2,19,20). The summed E-state index contributed by atoms with van der Waals surface area (Å²) in [5, 5.41) is 4.40. The van der Waals surface area contributed by atoms with E-state index >= 15 is 0 Å². The zero-order valence-corrected chi connectivity index (χ0v) is 13.8. The Hall–Kier alpha value is -2.61. The molecule has 2 N–H and O–H groups in total. The molecule has 8 heteroatoms. The minimum absolute atomic E-state index is 0.0136. The van der Waals surface area contributed by atoms with Crippen molar-refractivity contribution in [3.8, 4) is 11.3 Å². The molecule has 1 fully saturated rings. The highest BCUT2D eigenvalue weighted by Gasteiger charge is 2.20. The topological polar surface area (TPSA) is 87.4 Å². The van der Waals surface area contributed by atoms with E-state index in [1.807, 2.05) is 30.3 Å². The summed E-state index contributed by atoms with van der Waals surface area (Å²) in [6.07, 6.45) is 3.05. The maximum absolute atomic E-state index is 12.7. The lowest BCUT2D eigenvalue weighted by atomic mass is 9.92. The second-order valence-corrected chi connectivity index (χ2v) is 6.21. The number of nitrogens with zero attached hydrogens (tertiary/aromatic N) is 4. The molecule has 3 aromatic rings. The largest absolute Gasteiger partial charge is 0.376 e. The number of rotatable bonds is 3. The fourth-order valence-corrected chi connectivity index (χ4v) is 3.20. The predicted octanol–water partition coefficient (Wildman–Crippen LogP) is 0.503. The third-order valence-corrected chi connectivity index (χ3v) is 4.49. The molecule has 0 spiro atoms. The number of aromatic nitrogens is 4. The van der Waals surface area contributed by atoms with Crippen molar-refractivity contribution in [3.05, 3.63) is 40.8 Å². The average molecular weight is 335 g/mol. The van der Waals surface area contributed by atoms with Crippen LogP contribution in [0.15, 0.2) is 35.1 Å². The van der Waals surface area contributed by atoms with E-state index in [2.05, 4.69) is 10.1 Å². The van der Waals surface area contributed by atoms with Crippen LogP contribution in [0.3, 0.4) is 0 Å². The Bertz CT molecular complexity index is 961. The number of anilines is 1. The zero-order valence-electron chi connectivity index (χ0n) is 13.8. The first-order chi connectivity index (χ1) is 12.1. The van der Waals surface area contributed by atoms with Gasteiger partial charge in [0.1, 0.15) is 7.85 Å². The van der Waals surface area contributed by atoms with Crippen LogP contribution in [0, 0.1) is 0 Å². The molecule has 1 saturated heterocycles. The first-order valence-electron chi connectivity index (χ1n) is 8.36. The summed E-state index contributed by atoms with van der Waals surface area (Å²) in [7, 11) is 6.25. The highest BCUT2D eigenvalue weighted by molar-refractivity contribution is 6.39. The van der Waals surface area contributed by atoms with Crippen LogP contribution >= 0.6 is 0 Å². The van der Waals surface area contributed by atoms with Crippen molar-refractivity contribution < 1.29 is 4.74 Å². The van der Waals surface area contributed by atoms with Crippen molar-refractivity contribution in [1.29, 1.82) is 0 Å². The van der Waals surface area contributed by atoms with Gasteiger partial charge in [-0.15, -0.1) is 0 Å². The smallest absolute Gasteiger partial charge is 0.353 e. The van der Waals surface area contributed by atoms with Gasteiger partial charge in [0.15, 0.2) is 5.65 Å². The van der Waals surface area contributed by atoms with Crippen LogP contribution in [-0.2, 0) is 11.3 Å². The van der Waals surface area contributed by atoms with Gasteiger partial charge in [-0.2, -0.15) is 5.10 Å². The van der Waals surface area contributed by atoms with Crippen molar-refractivity contribution in [2.75, 3.05) is 12.3 Å². The summed E-state index contributed by atoms with van der Waals surface area (Å²) in [6, 6.07) is 9.47. The molecule has 0 aliphatic carbocycles. The van der Waals surface area contributed by atoms with Gasteiger partial charge in [0.2, 0.25) is 5.95 Å². The molecule has 1 atom stereocenters. The van der Waals surface area contributed by atoms with Crippen LogP contribution in [0.1, 0.15) is 19.3 Å².